The minimum Gasteiger partial charge on any atom is -0.480 e. The molecule has 0 aliphatic carbocycles. The van der Waals surface area contributed by atoms with E-state index >= 15 is 0 Å². The van der Waals surface area contributed by atoms with E-state index in [1.807, 2.05) is 52.8 Å². The first kappa shape index (κ1) is 16.2. The second-order valence-corrected chi connectivity index (χ2v) is 6.15. The molecule has 4 nitrogen and oxygen atoms in total. The number of aryl methyl sites for hydroxylation is 2. The van der Waals surface area contributed by atoms with Gasteiger partial charge in [-0.15, -0.1) is 0 Å². The highest BCUT2D eigenvalue weighted by Crippen LogP contribution is 2.17. The van der Waals surface area contributed by atoms with Crippen LogP contribution in [-0.2, 0) is 16.0 Å². The molecule has 0 spiro atoms. The Labute approximate surface area is 120 Å². The first-order chi connectivity index (χ1) is 9.11. The smallest absolute Gasteiger partial charge is 0.323 e. The topological polar surface area (TPSA) is 57.6 Å². The Morgan fingerprint density at radius 1 is 1.20 bits per heavy atom. The standard InChI is InChI=1S/C16H23NO3/c1-11-6-7-12(2)13(8-11)9-14(18)17(10-15(19)20)16(3,4)5/h6-8H,9-10H2,1-5H3,(H,19,20). The third kappa shape index (κ3) is 4.37. The first-order valence-corrected chi connectivity index (χ1v) is 6.69. The van der Waals surface area contributed by atoms with Gasteiger partial charge in [0.2, 0.25) is 5.91 Å². The van der Waals surface area contributed by atoms with Crippen LogP contribution in [0.1, 0.15) is 37.5 Å². The molecule has 0 unspecified atom stereocenters. The summed E-state index contributed by atoms with van der Waals surface area (Å²) in [6.45, 7) is 9.20. The number of rotatable bonds is 4. The zero-order chi connectivity index (χ0) is 15.5. The summed E-state index contributed by atoms with van der Waals surface area (Å²) in [4.78, 5) is 24.8. The van der Waals surface area contributed by atoms with Crippen LogP contribution in [0.2, 0.25) is 0 Å². The largest absolute Gasteiger partial charge is 0.480 e. The van der Waals surface area contributed by atoms with Gasteiger partial charge in [0.1, 0.15) is 6.54 Å². The number of aliphatic carboxylic acids is 1. The van der Waals surface area contributed by atoms with E-state index in [1.165, 1.54) is 4.90 Å². The monoisotopic (exact) mass is 277 g/mol. The molecule has 0 fully saturated rings. The Kier molecular flexibility index (Phi) is 4.93. The van der Waals surface area contributed by atoms with Crippen molar-refractivity contribution in [3.8, 4) is 0 Å². The summed E-state index contributed by atoms with van der Waals surface area (Å²) >= 11 is 0. The Balaban J connectivity index is 2.96. The van der Waals surface area contributed by atoms with Crippen LogP contribution in [0.15, 0.2) is 18.2 Å². The van der Waals surface area contributed by atoms with Crippen molar-refractivity contribution in [1.29, 1.82) is 0 Å². The zero-order valence-electron chi connectivity index (χ0n) is 12.9. The maximum Gasteiger partial charge on any atom is 0.323 e. The van der Waals surface area contributed by atoms with Gasteiger partial charge in [-0.1, -0.05) is 23.8 Å². The minimum atomic E-state index is -0.991. The van der Waals surface area contributed by atoms with Gasteiger partial charge < -0.3 is 10.0 Å². The lowest BCUT2D eigenvalue weighted by atomic mass is 10.00. The number of carboxylic acid groups (broad SMARTS) is 1. The van der Waals surface area contributed by atoms with Gasteiger partial charge in [0.25, 0.3) is 0 Å². The Hall–Kier alpha value is -1.84. The molecule has 0 aliphatic heterocycles. The molecule has 0 radical (unpaired) electrons. The van der Waals surface area contributed by atoms with E-state index in [0.717, 1.165) is 16.7 Å². The lowest BCUT2D eigenvalue weighted by molar-refractivity contribution is -0.147. The first-order valence-electron chi connectivity index (χ1n) is 6.69. The maximum atomic E-state index is 12.4. The molecule has 0 bridgehead atoms. The van der Waals surface area contributed by atoms with Crippen molar-refractivity contribution in [1.82, 2.24) is 4.90 Å². The van der Waals surface area contributed by atoms with E-state index in [9.17, 15) is 9.59 Å². The van der Waals surface area contributed by atoms with Crippen molar-refractivity contribution in [3.05, 3.63) is 34.9 Å². The molecule has 1 rings (SSSR count). The fraction of sp³-hybridized carbons (Fsp3) is 0.500. The summed E-state index contributed by atoms with van der Waals surface area (Å²) in [5, 5.41) is 8.97. The van der Waals surface area contributed by atoms with Gasteiger partial charge >= 0.3 is 5.97 Å². The molecule has 0 heterocycles. The third-order valence-corrected chi connectivity index (χ3v) is 3.25. The van der Waals surface area contributed by atoms with Gasteiger partial charge in [-0.3, -0.25) is 9.59 Å². The molecular formula is C16H23NO3. The highest BCUT2D eigenvalue weighted by atomic mass is 16.4. The number of hydrogen-bond acceptors (Lipinski definition) is 2. The number of carboxylic acids is 1. The SMILES string of the molecule is Cc1ccc(C)c(CC(=O)N(CC(=O)O)C(C)(C)C)c1. The van der Waals surface area contributed by atoms with Crippen LogP contribution in [0, 0.1) is 13.8 Å². The van der Waals surface area contributed by atoms with Gasteiger partial charge in [-0.25, -0.2) is 0 Å². The molecule has 0 saturated heterocycles. The predicted octanol–water partition coefficient (Wildman–Crippen LogP) is 2.56. The van der Waals surface area contributed by atoms with Crippen LogP contribution in [-0.4, -0.2) is 34.0 Å². The predicted molar refractivity (Wildman–Crippen MR) is 78.7 cm³/mol. The summed E-state index contributed by atoms with van der Waals surface area (Å²) in [5.74, 6) is -1.15. The van der Waals surface area contributed by atoms with E-state index < -0.39 is 11.5 Å². The van der Waals surface area contributed by atoms with E-state index in [4.69, 9.17) is 5.11 Å². The lowest BCUT2D eigenvalue weighted by Gasteiger charge is -2.34. The van der Waals surface area contributed by atoms with E-state index in [-0.39, 0.29) is 18.9 Å². The van der Waals surface area contributed by atoms with Crippen molar-refractivity contribution < 1.29 is 14.7 Å². The third-order valence-electron chi connectivity index (χ3n) is 3.25. The van der Waals surface area contributed by atoms with Gasteiger partial charge in [-0.2, -0.15) is 0 Å². The highest BCUT2D eigenvalue weighted by Gasteiger charge is 2.28. The fourth-order valence-corrected chi connectivity index (χ4v) is 2.08. The molecule has 0 saturated carbocycles. The van der Waals surface area contributed by atoms with Crippen molar-refractivity contribution in [2.24, 2.45) is 0 Å². The maximum absolute atomic E-state index is 12.4. The molecule has 20 heavy (non-hydrogen) atoms. The molecule has 1 aromatic rings. The van der Waals surface area contributed by atoms with Crippen LogP contribution < -0.4 is 0 Å². The number of nitrogens with zero attached hydrogens (tertiary/aromatic N) is 1. The molecular weight excluding hydrogens is 254 g/mol. The molecule has 1 aromatic carbocycles. The summed E-state index contributed by atoms with van der Waals surface area (Å²) in [5.41, 5.74) is 2.59. The second kappa shape index (κ2) is 6.07. The molecule has 1 amide bonds. The van der Waals surface area contributed by atoms with Crippen molar-refractivity contribution >= 4 is 11.9 Å². The Morgan fingerprint density at radius 3 is 2.30 bits per heavy atom. The van der Waals surface area contributed by atoms with Gasteiger partial charge in [0, 0.05) is 5.54 Å². The average Bonchev–Trinajstić information content (AvgIpc) is 2.29. The molecule has 0 aliphatic rings. The molecule has 0 aromatic heterocycles. The van der Waals surface area contributed by atoms with Crippen LogP contribution >= 0.6 is 0 Å². The summed E-state index contributed by atoms with van der Waals surface area (Å²) in [6.07, 6.45) is 0.234. The van der Waals surface area contributed by atoms with Crippen LogP contribution in [0.25, 0.3) is 0 Å². The zero-order valence-corrected chi connectivity index (χ0v) is 12.9. The summed E-state index contributed by atoms with van der Waals surface area (Å²) < 4.78 is 0. The minimum absolute atomic E-state index is 0.159. The number of carbonyl (C=O) groups is 2. The lowest BCUT2D eigenvalue weighted by Crippen LogP contribution is -2.48. The number of hydrogen-bond donors (Lipinski definition) is 1. The van der Waals surface area contributed by atoms with Crippen molar-refractivity contribution in [2.75, 3.05) is 6.54 Å². The second-order valence-electron chi connectivity index (χ2n) is 6.15. The number of amides is 1. The van der Waals surface area contributed by atoms with Crippen LogP contribution in [0.3, 0.4) is 0 Å². The summed E-state index contributed by atoms with van der Waals surface area (Å²) in [7, 11) is 0. The number of benzene rings is 1. The Bertz CT molecular complexity index is 515. The fourth-order valence-electron chi connectivity index (χ4n) is 2.08. The normalized spacial score (nSPS) is 11.2. The van der Waals surface area contributed by atoms with E-state index in [0.29, 0.717) is 0 Å². The summed E-state index contributed by atoms with van der Waals surface area (Å²) in [6, 6.07) is 5.97. The highest BCUT2D eigenvalue weighted by molar-refractivity contribution is 5.84. The molecule has 0 atom stereocenters. The van der Waals surface area contributed by atoms with Crippen molar-refractivity contribution in [2.45, 2.75) is 46.6 Å². The van der Waals surface area contributed by atoms with Gasteiger partial charge in [0.05, 0.1) is 6.42 Å². The van der Waals surface area contributed by atoms with Crippen LogP contribution in [0.4, 0.5) is 0 Å². The van der Waals surface area contributed by atoms with E-state index in [2.05, 4.69) is 0 Å². The van der Waals surface area contributed by atoms with Gasteiger partial charge in [0.15, 0.2) is 0 Å². The van der Waals surface area contributed by atoms with E-state index in [1.54, 1.807) is 0 Å². The van der Waals surface area contributed by atoms with Crippen molar-refractivity contribution in [3.63, 3.8) is 0 Å². The van der Waals surface area contributed by atoms with Gasteiger partial charge in [-0.05, 0) is 45.7 Å². The average molecular weight is 277 g/mol. The van der Waals surface area contributed by atoms with Crippen LogP contribution in [0.5, 0.6) is 0 Å². The Morgan fingerprint density at radius 2 is 1.80 bits per heavy atom. The quantitative estimate of drug-likeness (QED) is 0.920. The molecule has 110 valence electrons. The number of carbonyl (C=O) groups excluding carboxylic acids is 1. The molecule has 1 N–H and O–H groups in total. The molecule has 4 heteroatoms.